The van der Waals surface area contributed by atoms with Crippen molar-refractivity contribution >= 4 is 5.97 Å². The molecule has 0 aliphatic heterocycles. The third kappa shape index (κ3) is 3.66. The highest BCUT2D eigenvalue weighted by Gasteiger charge is 2.12. The van der Waals surface area contributed by atoms with E-state index < -0.39 is 5.97 Å². The molecule has 2 rings (SSSR count). The first-order chi connectivity index (χ1) is 9.19. The van der Waals surface area contributed by atoms with E-state index in [0.717, 1.165) is 0 Å². The fourth-order valence-corrected chi connectivity index (χ4v) is 1.51. The lowest BCUT2D eigenvalue weighted by Crippen LogP contribution is -2.04. The SMILES string of the molecule is COCc1ccc(C(=O)OCc2ccc(F)cc2)o1. The minimum Gasteiger partial charge on any atom is -0.455 e. The van der Waals surface area contributed by atoms with Crippen LogP contribution >= 0.6 is 0 Å². The molecule has 0 fully saturated rings. The molecule has 0 N–H and O–H groups in total. The van der Waals surface area contributed by atoms with Crippen molar-refractivity contribution in [1.29, 1.82) is 0 Å². The smallest absolute Gasteiger partial charge is 0.374 e. The summed E-state index contributed by atoms with van der Waals surface area (Å²) in [4.78, 5) is 11.7. The van der Waals surface area contributed by atoms with Crippen LogP contribution in [0.15, 0.2) is 40.8 Å². The standard InChI is InChI=1S/C14H13FO4/c1-17-9-12-6-7-13(19-12)14(16)18-8-10-2-4-11(15)5-3-10/h2-7H,8-9H2,1H3. The molecule has 0 bridgehead atoms. The van der Waals surface area contributed by atoms with Crippen LogP contribution in [0, 0.1) is 5.82 Å². The van der Waals surface area contributed by atoms with Gasteiger partial charge in [0.25, 0.3) is 0 Å². The lowest BCUT2D eigenvalue weighted by atomic mass is 10.2. The first-order valence-corrected chi connectivity index (χ1v) is 5.68. The summed E-state index contributed by atoms with van der Waals surface area (Å²) < 4.78 is 27.9. The quantitative estimate of drug-likeness (QED) is 0.779. The Morgan fingerprint density at radius 1 is 1.16 bits per heavy atom. The lowest BCUT2D eigenvalue weighted by molar-refractivity contribution is 0.0429. The number of furan rings is 1. The molecule has 1 aromatic heterocycles. The van der Waals surface area contributed by atoms with E-state index in [-0.39, 0.29) is 18.2 Å². The highest BCUT2D eigenvalue weighted by atomic mass is 19.1. The van der Waals surface area contributed by atoms with E-state index in [1.807, 2.05) is 0 Å². The zero-order valence-electron chi connectivity index (χ0n) is 10.4. The van der Waals surface area contributed by atoms with Gasteiger partial charge in [-0.25, -0.2) is 9.18 Å². The summed E-state index contributed by atoms with van der Waals surface area (Å²) >= 11 is 0. The minimum absolute atomic E-state index is 0.0689. The van der Waals surface area contributed by atoms with Gasteiger partial charge in [0.1, 0.15) is 24.8 Å². The van der Waals surface area contributed by atoms with Crippen molar-refractivity contribution in [1.82, 2.24) is 0 Å². The molecule has 0 amide bonds. The van der Waals surface area contributed by atoms with Crippen molar-refractivity contribution in [3.63, 3.8) is 0 Å². The zero-order chi connectivity index (χ0) is 13.7. The summed E-state index contributed by atoms with van der Waals surface area (Å²) in [5.41, 5.74) is 0.707. The highest BCUT2D eigenvalue weighted by molar-refractivity contribution is 5.86. The molecule has 1 heterocycles. The van der Waals surface area contributed by atoms with Crippen LogP contribution in [0.4, 0.5) is 4.39 Å². The van der Waals surface area contributed by atoms with Gasteiger partial charge >= 0.3 is 5.97 Å². The second-order valence-electron chi connectivity index (χ2n) is 3.90. The van der Waals surface area contributed by atoms with E-state index in [4.69, 9.17) is 13.9 Å². The molecule has 0 atom stereocenters. The number of ether oxygens (including phenoxy) is 2. The lowest BCUT2D eigenvalue weighted by Gasteiger charge is -2.03. The van der Waals surface area contributed by atoms with Gasteiger partial charge < -0.3 is 13.9 Å². The van der Waals surface area contributed by atoms with E-state index in [9.17, 15) is 9.18 Å². The summed E-state index contributed by atoms with van der Waals surface area (Å²) in [5, 5.41) is 0. The molecular weight excluding hydrogens is 251 g/mol. The van der Waals surface area contributed by atoms with E-state index in [0.29, 0.717) is 17.9 Å². The molecule has 0 saturated carbocycles. The number of hydrogen-bond acceptors (Lipinski definition) is 4. The van der Waals surface area contributed by atoms with Gasteiger partial charge in [-0.05, 0) is 29.8 Å². The van der Waals surface area contributed by atoms with Crippen molar-refractivity contribution in [3.05, 3.63) is 59.3 Å². The molecule has 0 radical (unpaired) electrons. The third-order valence-electron chi connectivity index (χ3n) is 2.43. The van der Waals surface area contributed by atoms with Gasteiger partial charge in [0.05, 0.1) is 0 Å². The molecule has 0 unspecified atom stereocenters. The molecule has 0 aliphatic carbocycles. The van der Waals surface area contributed by atoms with Gasteiger partial charge in [0, 0.05) is 7.11 Å². The minimum atomic E-state index is -0.563. The van der Waals surface area contributed by atoms with Gasteiger partial charge in [-0.3, -0.25) is 0 Å². The topological polar surface area (TPSA) is 48.7 Å². The maximum Gasteiger partial charge on any atom is 0.374 e. The number of hydrogen-bond donors (Lipinski definition) is 0. The molecule has 100 valence electrons. The summed E-state index contributed by atoms with van der Waals surface area (Å²) in [7, 11) is 1.54. The Hall–Kier alpha value is -2.14. The van der Waals surface area contributed by atoms with Gasteiger partial charge in [-0.2, -0.15) is 0 Å². The third-order valence-corrected chi connectivity index (χ3v) is 2.43. The summed E-state index contributed by atoms with van der Waals surface area (Å²) in [5.74, 6) is -0.220. The average Bonchev–Trinajstić information content (AvgIpc) is 2.87. The van der Waals surface area contributed by atoms with Gasteiger partial charge in [-0.15, -0.1) is 0 Å². The van der Waals surface area contributed by atoms with Crippen LogP contribution in [-0.2, 0) is 22.7 Å². The number of methoxy groups -OCH3 is 1. The Morgan fingerprint density at radius 3 is 2.58 bits per heavy atom. The first-order valence-electron chi connectivity index (χ1n) is 5.68. The van der Waals surface area contributed by atoms with E-state index in [2.05, 4.69) is 0 Å². The molecule has 0 aliphatic rings. The fraction of sp³-hybridized carbons (Fsp3) is 0.214. The first kappa shape index (κ1) is 13.3. The number of benzene rings is 1. The van der Waals surface area contributed by atoms with Crippen molar-refractivity contribution in [3.8, 4) is 0 Å². The Balaban J connectivity index is 1.91. The Labute approximate surface area is 109 Å². The van der Waals surface area contributed by atoms with E-state index in [1.54, 1.807) is 18.2 Å². The Morgan fingerprint density at radius 2 is 1.89 bits per heavy atom. The van der Waals surface area contributed by atoms with E-state index in [1.165, 1.54) is 25.3 Å². The van der Waals surface area contributed by atoms with Crippen LogP contribution in [0.3, 0.4) is 0 Å². The average molecular weight is 264 g/mol. The monoisotopic (exact) mass is 264 g/mol. The van der Waals surface area contributed by atoms with Gasteiger partial charge in [0.15, 0.2) is 0 Å². The number of carbonyl (C=O) groups excluding carboxylic acids is 1. The Kier molecular flexibility index (Phi) is 4.30. The van der Waals surface area contributed by atoms with Crippen molar-refractivity contribution in [2.45, 2.75) is 13.2 Å². The Bertz CT molecular complexity index is 545. The largest absolute Gasteiger partial charge is 0.455 e. The molecule has 2 aromatic rings. The van der Waals surface area contributed by atoms with Gasteiger partial charge in [-0.1, -0.05) is 12.1 Å². The molecule has 5 heteroatoms. The predicted octanol–water partition coefficient (Wildman–Crippen LogP) is 2.92. The van der Waals surface area contributed by atoms with Crippen molar-refractivity contribution in [2.75, 3.05) is 7.11 Å². The predicted molar refractivity (Wildman–Crippen MR) is 64.9 cm³/mol. The second-order valence-corrected chi connectivity index (χ2v) is 3.90. The van der Waals surface area contributed by atoms with Crippen molar-refractivity contribution < 1.29 is 23.1 Å². The van der Waals surface area contributed by atoms with Crippen molar-refractivity contribution in [2.24, 2.45) is 0 Å². The number of esters is 1. The summed E-state index contributed by atoms with van der Waals surface area (Å²) in [6, 6.07) is 8.92. The van der Waals surface area contributed by atoms with Gasteiger partial charge in [0.2, 0.25) is 5.76 Å². The molecule has 0 spiro atoms. The molecule has 19 heavy (non-hydrogen) atoms. The normalized spacial score (nSPS) is 10.4. The van der Waals surface area contributed by atoms with Crippen LogP contribution in [0.2, 0.25) is 0 Å². The molecule has 1 aromatic carbocycles. The summed E-state index contributed by atoms with van der Waals surface area (Å²) in [6.45, 7) is 0.366. The number of carbonyl (C=O) groups is 1. The van der Waals surface area contributed by atoms with Crippen LogP contribution < -0.4 is 0 Å². The number of rotatable bonds is 5. The molecule has 4 nitrogen and oxygen atoms in total. The molecular formula is C14H13FO4. The van der Waals surface area contributed by atoms with E-state index >= 15 is 0 Å². The number of halogens is 1. The maximum absolute atomic E-state index is 12.7. The highest BCUT2D eigenvalue weighted by Crippen LogP contribution is 2.12. The second kappa shape index (κ2) is 6.15. The molecule has 0 saturated heterocycles. The summed E-state index contributed by atoms with van der Waals surface area (Å²) in [6.07, 6.45) is 0. The van der Waals surface area contributed by atoms with Crippen LogP contribution in [0.1, 0.15) is 21.9 Å². The fourth-order valence-electron chi connectivity index (χ4n) is 1.51. The van der Waals surface area contributed by atoms with Crippen LogP contribution in [0.5, 0.6) is 0 Å². The van der Waals surface area contributed by atoms with Crippen LogP contribution in [0.25, 0.3) is 0 Å². The van der Waals surface area contributed by atoms with Crippen LogP contribution in [-0.4, -0.2) is 13.1 Å². The maximum atomic E-state index is 12.7. The zero-order valence-corrected chi connectivity index (χ0v) is 10.4.